The quantitative estimate of drug-likeness (QED) is 0.566. The van der Waals surface area contributed by atoms with Crippen LogP contribution in [-0.2, 0) is 4.79 Å². The molecule has 6 heteroatoms. The van der Waals surface area contributed by atoms with E-state index in [0.29, 0.717) is 23.3 Å². The van der Waals surface area contributed by atoms with Gasteiger partial charge in [0.15, 0.2) is 0 Å². The van der Waals surface area contributed by atoms with Crippen LogP contribution in [-0.4, -0.2) is 31.6 Å². The molecule has 2 saturated carbocycles. The van der Waals surface area contributed by atoms with Crippen LogP contribution in [0.5, 0.6) is 0 Å². The first-order valence-corrected chi connectivity index (χ1v) is 11.8. The summed E-state index contributed by atoms with van der Waals surface area (Å²) in [5, 5.41) is 6.59. The van der Waals surface area contributed by atoms with Crippen LogP contribution in [0, 0.1) is 11.8 Å². The zero-order chi connectivity index (χ0) is 20.2. The topological polar surface area (TPSA) is 78.5 Å². The number of carbonyl (C=O) groups excluding carboxylic acids is 1. The molecule has 3 aliphatic rings. The van der Waals surface area contributed by atoms with Crippen LogP contribution in [0.15, 0.2) is 9.59 Å². The third-order valence-corrected chi connectivity index (χ3v) is 7.29. The lowest BCUT2D eigenvalue weighted by Crippen LogP contribution is -2.42. The van der Waals surface area contributed by atoms with Gasteiger partial charge in [-0.2, -0.15) is 0 Å². The number of amides is 1. The molecule has 6 nitrogen and oxygen atoms in total. The number of hydrogen-bond donors (Lipinski definition) is 2. The van der Waals surface area contributed by atoms with Gasteiger partial charge in [-0.25, -0.2) is 0 Å². The summed E-state index contributed by atoms with van der Waals surface area (Å²) in [6, 6.07) is 0.377. The van der Waals surface area contributed by atoms with E-state index in [-0.39, 0.29) is 22.7 Å². The van der Waals surface area contributed by atoms with Gasteiger partial charge in [0.05, 0.1) is 0 Å². The molecular formula is C23H35N3O3. The normalized spacial score (nSPS) is 26.4. The standard InChI is InChI=1S/C23H35N3O3/c27-21-19(20(22(21)28)26-13-5-6-14-26)24-15-16-9-11-17(12-10-16)23(29)25-18-7-3-1-2-4-8-18/h16-18,24H,1-15H2,(H,25,29). The van der Waals surface area contributed by atoms with Crippen molar-refractivity contribution in [3.63, 3.8) is 0 Å². The Kier molecular flexibility index (Phi) is 6.56. The summed E-state index contributed by atoms with van der Waals surface area (Å²) >= 11 is 0. The molecule has 2 aliphatic carbocycles. The van der Waals surface area contributed by atoms with Gasteiger partial charge in [-0.1, -0.05) is 25.7 Å². The Morgan fingerprint density at radius 3 is 2.14 bits per heavy atom. The Morgan fingerprint density at radius 1 is 0.828 bits per heavy atom. The Labute approximate surface area is 173 Å². The highest BCUT2D eigenvalue weighted by molar-refractivity contribution is 5.79. The number of anilines is 2. The van der Waals surface area contributed by atoms with Crippen LogP contribution in [0.2, 0.25) is 0 Å². The van der Waals surface area contributed by atoms with Gasteiger partial charge in [0.1, 0.15) is 11.4 Å². The van der Waals surface area contributed by atoms with Gasteiger partial charge in [-0.05, 0) is 57.3 Å². The molecule has 160 valence electrons. The Bertz CT molecular complexity index is 761. The number of carbonyl (C=O) groups is 1. The van der Waals surface area contributed by atoms with Gasteiger partial charge in [-0.3, -0.25) is 14.4 Å². The van der Waals surface area contributed by atoms with Crippen molar-refractivity contribution < 1.29 is 4.79 Å². The highest BCUT2D eigenvalue weighted by atomic mass is 16.2. The SMILES string of the molecule is O=C(NC1CCCCCC1)C1CCC(CNc2c(N3CCCC3)c(=O)c2=O)CC1. The van der Waals surface area contributed by atoms with Gasteiger partial charge in [0.2, 0.25) is 5.91 Å². The molecule has 4 rings (SSSR count). The van der Waals surface area contributed by atoms with Crippen LogP contribution in [0.3, 0.4) is 0 Å². The zero-order valence-electron chi connectivity index (χ0n) is 17.5. The van der Waals surface area contributed by atoms with E-state index in [1.54, 1.807) is 0 Å². The minimum Gasteiger partial charge on any atom is -0.380 e. The first-order valence-electron chi connectivity index (χ1n) is 11.8. The lowest BCUT2D eigenvalue weighted by atomic mass is 9.81. The summed E-state index contributed by atoms with van der Waals surface area (Å²) in [6.07, 6.45) is 13.4. The van der Waals surface area contributed by atoms with Crippen LogP contribution >= 0.6 is 0 Å². The van der Waals surface area contributed by atoms with Crippen molar-refractivity contribution in [1.82, 2.24) is 5.32 Å². The van der Waals surface area contributed by atoms with E-state index >= 15 is 0 Å². The summed E-state index contributed by atoms with van der Waals surface area (Å²) in [4.78, 5) is 38.7. The van der Waals surface area contributed by atoms with E-state index in [0.717, 1.165) is 71.0 Å². The molecule has 1 aromatic carbocycles. The fraction of sp³-hybridized carbons (Fsp3) is 0.783. The molecule has 1 amide bonds. The summed E-state index contributed by atoms with van der Waals surface area (Å²) in [6.45, 7) is 2.48. The molecule has 0 aromatic heterocycles. The number of hydrogen-bond acceptors (Lipinski definition) is 5. The van der Waals surface area contributed by atoms with E-state index in [4.69, 9.17) is 0 Å². The second kappa shape index (κ2) is 9.31. The highest BCUT2D eigenvalue weighted by Crippen LogP contribution is 2.31. The fourth-order valence-electron chi connectivity index (χ4n) is 5.40. The van der Waals surface area contributed by atoms with Crippen molar-refractivity contribution in [2.45, 2.75) is 83.1 Å². The number of nitrogens with zero attached hydrogens (tertiary/aromatic N) is 1. The molecule has 3 fully saturated rings. The van der Waals surface area contributed by atoms with Gasteiger partial charge in [0, 0.05) is 31.6 Å². The third-order valence-electron chi connectivity index (χ3n) is 7.29. The third kappa shape index (κ3) is 4.67. The largest absolute Gasteiger partial charge is 0.380 e. The first-order chi connectivity index (χ1) is 14.1. The molecule has 0 bridgehead atoms. The Balaban J connectivity index is 1.22. The van der Waals surface area contributed by atoms with Crippen molar-refractivity contribution in [2.24, 2.45) is 11.8 Å². The van der Waals surface area contributed by atoms with Gasteiger partial charge in [0.25, 0.3) is 10.9 Å². The molecule has 1 aromatic rings. The second-order valence-corrected chi connectivity index (χ2v) is 9.37. The highest BCUT2D eigenvalue weighted by Gasteiger charge is 2.30. The monoisotopic (exact) mass is 401 g/mol. The predicted molar refractivity (Wildman–Crippen MR) is 116 cm³/mol. The second-order valence-electron chi connectivity index (χ2n) is 9.37. The Morgan fingerprint density at radius 2 is 1.48 bits per heavy atom. The van der Waals surface area contributed by atoms with Crippen molar-refractivity contribution >= 4 is 17.3 Å². The molecule has 0 unspecified atom stereocenters. The first kappa shape index (κ1) is 20.4. The van der Waals surface area contributed by atoms with Gasteiger partial charge in [-0.15, -0.1) is 0 Å². The lowest BCUT2D eigenvalue weighted by molar-refractivity contribution is -0.127. The molecule has 2 N–H and O–H groups in total. The van der Waals surface area contributed by atoms with Gasteiger partial charge < -0.3 is 15.5 Å². The fourth-order valence-corrected chi connectivity index (χ4v) is 5.40. The maximum Gasteiger partial charge on any atom is 0.253 e. The van der Waals surface area contributed by atoms with Crippen molar-refractivity contribution in [2.75, 3.05) is 29.9 Å². The smallest absolute Gasteiger partial charge is 0.253 e. The van der Waals surface area contributed by atoms with Gasteiger partial charge >= 0.3 is 0 Å². The number of rotatable bonds is 6. The molecule has 0 radical (unpaired) electrons. The minimum absolute atomic E-state index is 0.140. The van der Waals surface area contributed by atoms with Crippen LogP contribution in [0.4, 0.5) is 11.4 Å². The maximum atomic E-state index is 12.7. The summed E-state index contributed by atoms with van der Waals surface area (Å²) in [5.41, 5.74) is 0.464. The zero-order valence-corrected chi connectivity index (χ0v) is 17.5. The molecule has 0 atom stereocenters. The van der Waals surface area contributed by atoms with E-state index in [9.17, 15) is 14.4 Å². The van der Waals surface area contributed by atoms with Crippen molar-refractivity contribution in [1.29, 1.82) is 0 Å². The summed E-state index contributed by atoms with van der Waals surface area (Å²) in [7, 11) is 0. The molecule has 1 heterocycles. The van der Waals surface area contributed by atoms with E-state index in [1.165, 1.54) is 25.7 Å². The van der Waals surface area contributed by atoms with Crippen molar-refractivity contribution in [3.05, 3.63) is 20.4 Å². The maximum absolute atomic E-state index is 12.7. The van der Waals surface area contributed by atoms with Crippen LogP contribution < -0.4 is 26.4 Å². The lowest BCUT2D eigenvalue weighted by Gasteiger charge is -2.30. The van der Waals surface area contributed by atoms with Crippen LogP contribution in [0.25, 0.3) is 0 Å². The molecule has 1 saturated heterocycles. The average Bonchev–Trinajstić information content (AvgIpc) is 3.14. The Hall–Kier alpha value is -1.85. The molecule has 0 spiro atoms. The van der Waals surface area contributed by atoms with E-state index in [1.807, 2.05) is 0 Å². The number of nitrogens with one attached hydrogen (secondary N) is 2. The van der Waals surface area contributed by atoms with E-state index < -0.39 is 0 Å². The molecule has 29 heavy (non-hydrogen) atoms. The average molecular weight is 402 g/mol. The molecular weight excluding hydrogens is 366 g/mol. The van der Waals surface area contributed by atoms with Crippen LogP contribution in [0.1, 0.15) is 77.0 Å². The minimum atomic E-state index is -0.358. The van der Waals surface area contributed by atoms with E-state index in [2.05, 4.69) is 15.5 Å². The summed E-state index contributed by atoms with van der Waals surface area (Å²) in [5.74, 6) is 0.857. The molecule has 1 aliphatic heterocycles. The van der Waals surface area contributed by atoms with Crippen molar-refractivity contribution in [3.8, 4) is 0 Å². The predicted octanol–water partition coefficient (Wildman–Crippen LogP) is 2.94. The summed E-state index contributed by atoms with van der Waals surface area (Å²) < 4.78 is 0.